The first kappa shape index (κ1) is 24.7. The summed E-state index contributed by atoms with van der Waals surface area (Å²) < 4.78 is 38.3. The third-order valence-corrected chi connectivity index (χ3v) is 8.77. The van der Waals surface area contributed by atoms with Crippen molar-refractivity contribution in [2.75, 3.05) is 30.4 Å². The van der Waals surface area contributed by atoms with Crippen molar-refractivity contribution in [2.45, 2.75) is 30.6 Å². The van der Waals surface area contributed by atoms with E-state index in [-0.39, 0.29) is 10.6 Å². The molecule has 0 atom stereocenters. The Hall–Kier alpha value is -3.37. The molecule has 0 saturated carbocycles. The van der Waals surface area contributed by atoms with Gasteiger partial charge in [0.2, 0.25) is 5.91 Å². The van der Waals surface area contributed by atoms with E-state index in [1.54, 1.807) is 42.5 Å². The molecular formula is C25H26N2O6S2. The Morgan fingerprint density at radius 3 is 2.49 bits per heavy atom. The molecule has 0 saturated heterocycles. The molecule has 1 aromatic heterocycles. The summed E-state index contributed by atoms with van der Waals surface area (Å²) in [6, 6.07) is 14.4. The molecule has 35 heavy (non-hydrogen) atoms. The van der Waals surface area contributed by atoms with Crippen molar-refractivity contribution in [3.8, 4) is 5.75 Å². The highest BCUT2D eigenvalue weighted by molar-refractivity contribution is 7.92. The molecule has 0 fully saturated rings. The van der Waals surface area contributed by atoms with Crippen LogP contribution < -0.4 is 14.4 Å². The summed E-state index contributed by atoms with van der Waals surface area (Å²) in [5, 5.41) is 3.16. The fraction of sp³-hybridized carbons (Fsp3) is 0.280. The zero-order chi connectivity index (χ0) is 25.0. The zero-order valence-electron chi connectivity index (χ0n) is 19.4. The monoisotopic (exact) mass is 514 g/mol. The van der Waals surface area contributed by atoms with Crippen LogP contribution in [0.15, 0.2) is 59.5 Å². The molecule has 10 heteroatoms. The van der Waals surface area contributed by atoms with Crippen LogP contribution in [0.25, 0.3) is 0 Å². The molecular weight excluding hydrogens is 488 g/mol. The number of fused-ring (bicyclic) bond motifs is 1. The van der Waals surface area contributed by atoms with Gasteiger partial charge in [-0.3, -0.25) is 9.10 Å². The van der Waals surface area contributed by atoms with E-state index >= 15 is 0 Å². The van der Waals surface area contributed by atoms with E-state index in [0.29, 0.717) is 16.3 Å². The number of aryl methyl sites for hydroxylation is 1. The molecule has 3 aromatic rings. The molecule has 2 aromatic carbocycles. The van der Waals surface area contributed by atoms with Gasteiger partial charge in [0.1, 0.15) is 17.3 Å². The van der Waals surface area contributed by atoms with Gasteiger partial charge < -0.3 is 14.8 Å². The van der Waals surface area contributed by atoms with Gasteiger partial charge in [0.25, 0.3) is 10.0 Å². The van der Waals surface area contributed by atoms with E-state index in [4.69, 9.17) is 9.47 Å². The van der Waals surface area contributed by atoms with Crippen molar-refractivity contribution in [1.82, 2.24) is 0 Å². The lowest BCUT2D eigenvalue weighted by Crippen LogP contribution is -2.38. The van der Waals surface area contributed by atoms with E-state index in [1.165, 1.54) is 37.7 Å². The van der Waals surface area contributed by atoms with Crippen LogP contribution in [0, 0.1) is 0 Å². The predicted molar refractivity (Wildman–Crippen MR) is 135 cm³/mol. The molecule has 1 heterocycles. The number of nitrogens with one attached hydrogen (secondary N) is 1. The number of nitrogens with zero attached hydrogens (tertiary/aromatic N) is 1. The summed E-state index contributed by atoms with van der Waals surface area (Å²) in [5.74, 6) is -0.632. The highest BCUT2D eigenvalue weighted by Crippen LogP contribution is 2.38. The van der Waals surface area contributed by atoms with Gasteiger partial charge in [0.05, 0.1) is 30.4 Å². The van der Waals surface area contributed by atoms with Crippen LogP contribution in [0.5, 0.6) is 5.75 Å². The maximum Gasteiger partial charge on any atom is 0.341 e. The van der Waals surface area contributed by atoms with Crippen molar-refractivity contribution < 1.29 is 27.5 Å². The summed E-state index contributed by atoms with van der Waals surface area (Å²) >= 11 is 1.35. The van der Waals surface area contributed by atoms with E-state index in [9.17, 15) is 18.0 Å². The van der Waals surface area contributed by atoms with Gasteiger partial charge in [-0.15, -0.1) is 11.3 Å². The number of methoxy groups -OCH3 is 2. The van der Waals surface area contributed by atoms with Gasteiger partial charge in [0, 0.05) is 10.9 Å². The maximum atomic E-state index is 13.5. The summed E-state index contributed by atoms with van der Waals surface area (Å²) in [4.78, 5) is 26.8. The molecule has 184 valence electrons. The van der Waals surface area contributed by atoms with Gasteiger partial charge in [0.15, 0.2) is 0 Å². The number of ether oxygens (including phenoxy) is 2. The van der Waals surface area contributed by atoms with Crippen molar-refractivity contribution in [2.24, 2.45) is 0 Å². The van der Waals surface area contributed by atoms with Crippen LogP contribution >= 0.6 is 11.3 Å². The number of amides is 1. The number of anilines is 2. The average Bonchev–Trinajstić information content (AvgIpc) is 3.24. The molecule has 1 amide bonds. The fourth-order valence-corrected chi connectivity index (χ4v) is 6.80. The Labute approximate surface area is 208 Å². The lowest BCUT2D eigenvalue weighted by Gasteiger charge is -2.24. The number of sulfonamides is 1. The second kappa shape index (κ2) is 10.5. The molecule has 0 bridgehead atoms. The highest BCUT2D eigenvalue weighted by atomic mass is 32.2. The zero-order valence-corrected chi connectivity index (χ0v) is 21.1. The topological polar surface area (TPSA) is 102 Å². The van der Waals surface area contributed by atoms with E-state index in [2.05, 4.69) is 5.32 Å². The Morgan fingerprint density at radius 1 is 1.03 bits per heavy atom. The van der Waals surface area contributed by atoms with Crippen molar-refractivity contribution in [3.63, 3.8) is 0 Å². The Kier molecular flexibility index (Phi) is 7.42. The second-order valence-corrected chi connectivity index (χ2v) is 10.9. The first-order valence-electron chi connectivity index (χ1n) is 11.1. The number of hydrogen-bond acceptors (Lipinski definition) is 7. The van der Waals surface area contributed by atoms with Gasteiger partial charge in [-0.1, -0.05) is 24.3 Å². The van der Waals surface area contributed by atoms with E-state index in [0.717, 1.165) is 40.4 Å². The van der Waals surface area contributed by atoms with Gasteiger partial charge in [-0.05, 0) is 55.5 Å². The first-order valence-corrected chi connectivity index (χ1v) is 13.4. The normalized spacial score (nSPS) is 13.0. The van der Waals surface area contributed by atoms with Gasteiger partial charge >= 0.3 is 5.97 Å². The number of carbonyl (C=O) groups excluding carboxylic acids is 2. The van der Waals surface area contributed by atoms with Crippen LogP contribution in [0.3, 0.4) is 0 Å². The summed E-state index contributed by atoms with van der Waals surface area (Å²) in [7, 11) is -1.29. The van der Waals surface area contributed by atoms with Crippen LogP contribution in [-0.4, -0.2) is 41.1 Å². The van der Waals surface area contributed by atoms with Gasteiger partial charge in [-0.25, -0.2) is 13.2 Å². The number of thiophene rings is 1. The third kappa shape index (κ3) is 5.18. The SMILES string of the molecule is COC(=O)c1c(NC(=O)CN(c2cccc(OC)c2)S(=O)(=O)c2ccccc2)sc2c1CCCC2. The van der Waals surface area contributed by atoms with Crippen LogP contribution in [0.2, 0.25) is 0 Å². The Bertz CT molecular complexity index is 1340. The first-order chi connectivity index (χ1) is 16.8. The standard InChI is InChI=1S/C25H26N2O6S2/c1-32-18-10-8-9-17(15-18)27(35(30,31)19-11-4-3-5-12-19)16-22(28)26-24-23(25(29)33-2)20-13-6-7-14-21(20)34-24/h3-5,8-12,15H,6-7,13-14,16H2,1-2H3,(H,26,28). The molecule has 1 N–H and O–H groups in total. The minimum atomic E-state index is -4.07. The molecule has 1 aliphatic rings. The summed E-state index contributed by atoms with van der Waals surface area (Å²) in [5.41, 5.74) is 1.55. The molecule has 0 aliphatic heterocycles. The minimum absolute atomic E-state index is 0.0532. The van der Waals surface area contributed by atoms with Crippen molar-refractivity contribution in [1.29, 1.82) is 0 Å². The summed E-state index contributed by atoms with van der Waals surface area (Å²) in [6.45, 7) is -0.492. The lowest BCUT2D eigenvalue weighted by atomic mass is 9.95. The number of esters is 1. The van der Waals surface area contributed by atoms with E-state index < -0.39 is 28.4 Å². The molecule has 8 nitrogen and oxygen atoms in total. The number of hydrogen-bond donors (Lipinski definition) is 1. The number of rotatable bonds is 8. The number of carbonyl (C=O) groups is 2. The lowest BCUT2D eigenvalue weighted by molar-refractivity contribution is -0.114. The molecule has 4 rings (SSSR count). The quantitative estimate of drug-likeness (QED) is 0.451. The Morgan fingerprint density at radius 2 is 1.77 bits per heavy atom. The van der Waals surface area contributed by atoms with Crippen molar-refractivity contribution >= 4 is 43.9 Å². The van der Waals surface area contributed by atoms with Gasteiger partial charge in [-0.2, -0.15) is 0 Å². The molecule has 0 unspecified atom stereocenters. The predicted octanol–water partition coefficient (Wildman–Crippen LogP) is 4.26. The largest absolute Gasteiger partial charge is 0.497 e. The molecule has 0 spiro atoms. The fourth-order valence-electron chi connectivity index (χ4n) is 4.07. The third-order valence-electron chi connectivity index (χ3n) is 5.77. The maximum absolute atomic E-state index is 13.5. The Balaban J connectivity index is 1.68. The molecule has 0 radical (unpaired) electrons. The molecule has 1 aliphatic carbocycles. The van der Waals surface area contributed by atoms with Crippen LogP contribution in [0.4, 0.5) is 10.7 Å². The van der Waals surface area contributed by atoms with Crippen LogP contribution in [0.1, 0.15) is 33.6 Å². The number of benzene rings is 2. The summed E-state index contributed by atoms with van der Waals surface area (Å²) in [6.07, 6.45) is 3.54. The van der Waals surface area contributed by atoms with Crippen molar-refractivity contribution in [3.05, 3.63) is 70.6 Å². The van der Waals surface area contributed by atoms with E-state index in [1.807, 2.05) is 0 Å². The smallest absolute Gasteiger partial charge is 0.341 e. The van der Waals surface area contributed by atoms with Crippen LogP contribution in [-0.2, 0) is 32.4 Å². The minimum Gasteiger partial charge on any atom is -0.497 e. The highest BCUT2D eigenvalue weighted by Gasteiger charge is 2.30. The average molecular weight is 515 g/mol. The second-order valence-electron chi connectivity index (χ2n) is 7.98.